The zero-order valence-electron chi connectivity index (χ0n) is 16.6. The molecule has 2 aromatic carbocycles. The van der Waals surface area contributed by atoms with Crippen LogP contribution in [0.4, 0.5) is 29.3 Å². The van der Waals surface area contributed by atoms with Crippen LogP contribution in [0.2, 0.25) is 0 Å². The van der Waals surface area contributed by atoms with Gasteiger partial charge in [0.2, 0.25) is 0 Å². The molecule has 0 aliphatic carbocycles. The molecule has 2 amide bonds. The first kappa shape index (κ1) is 21.8. The number of anilines is 2. The molecule has 1 saturated heterocycles. The predicted octanol–water partition coefficient (Wildman–Crippen LogP) is 4.08. The number of benzene rings is 2. The second-order valence-corrected chi connectivity index (χ2v) is 6.84. The van der Waals surface area contributed by atoms with Crippen molar-refractivity contribution in [3.8, 4) is 5.75 Å². The van der Waals surface area contributed by atoms with Gasteiger partial charge in [0.25, 0.3) is 0 Å². The molecule has 0 aromatic heterocycles. The van der Waals surface area contributed by atoms with Crippen molar-refractivity contribution in [2.45, 2.75) is 6.18 Å². The maximum atomic E-state index is 13.6. The monoisotopic (exact) mass is 423 g/mol. The lowest BCUT2D eigenvalue weighted by Crippen LogP contribution is -2.36. The topological polar surface area (TPSA) is 54.0 Å². The summed E-state index contributed by atoms with van der Waals surface area (Å²) in [4.78, 5) is 15.5. The molecule has 0 radical (unpaired) electrons. The van der Waals surface area contributed by atoms with Crippen molar-refractivity contribution < 1.29 is 27.4 Å². The average Bonchev–Trinajstić information content (AvgIpc) is 2.74. The van der Waals surface area contributed by atoms with E-state index < -0.39 is 17.8 Å². The van der Waals surface area contributed by atoms with Gasteiger partial charge in [-0.05, 0) is 30.3 Å². The number of nitrogens with zero attached hydrogens (tertiary/aromatic N) is 2. The van der Waals surface area contributed by atoms with Crippen molar-refractivity contribution in [3.63, 3.8) is 0 Å². The summed E-state index contributed by atoms with van der Waals surface area (Å²) in [5.74, 6) is 0.657. The molecule has 0 saturated carbocycles. The van der Waals surface area contributed by atoms with Crippen LogP contribution < -0.4 is 15.0 Å². The van der Waals surface area contributed by atoms with Gasteiger partial charge in [0, 0.05) is 25.8 Å². The summed E-state index contributed by atoms with van der Waals surface area (Å²) in [6.45, 7) is 2.41. The van der Waals surface area contributed by atoms with Crippen molar-refractivity contribution in [1.82, 2.24) is 4.90 Å². The lowest BCUT2D eigenvalue weighted by Gasteiger charge is -2.30. The first-order valence-electron chi connectivity index (χ1n) is 9.58. The van der Waals surface area contributed by atoms with Crippen molar-refractivity contribution in [3.05, 3.63) is 54.1 Å². The van der Waals surface area contributed by atoms with E-state index in [0.717, 1.165) is 6.07 Å². The molecule has 1 aliphatic rings. The molecule has 0 atom stereocenters. The van der Waals surface area contributed by atoms with E-state index in [4.69, 9.17) is 9.47 Å². The van der Waals surface area contributed by atoms with E-state index >= 15 is 0 Å². The van der Waals surface area contributed by atoms with Crippen LogP contribution in [0, 0.1) is 0 Å². The van der Waals surface area contributed by atoms with Crippen molar-refractivity contribution in [2.75, 3.05) is 56.7 Å². The number of amides is 2. The van der Waals surface area contributed by atoms with Gasteiger partial charge in [-0.2, -0.15) is 13.2 Å². The Labute approximate surface area is 173 Å². The van der Waals surface area contributed by atoms with Crippen LogP contribution in [0.3, 0.4) is 0 Å². The number of morpholine rings is 1. The van der Waals surface area contributed by atoms with E-state index in [0.29, 0.717) is 37.7 Å². The number of carbonyl (C=O) groups is 1. The summed E-state index contributed by atoms with van der Waals surface area (Å²) in [5.41, 5.74) is -0.706. The quantitative estimate of drug-likeness (QED) is 0.761. The number of halogens is 3. The van der Waals surface area contributed by atoms with Crippen LogP contribution in [-0.2, 0) is 10.9 Å². The smallest absolute Gasteiger partial charge is 0.418 e. The van der Waals surface area contributed by atoms with Gasteiger partial charge < -0.3 is 24.6 Å². The number of urea groups is 1. The number of nitrogens with one attached hydrogen (secondary N) is 1. The largest absolute Gasteiger partial charge is 0.492 e. The van der Waals surface area contributed by atoms with Crippen molar-refractivity contribution >= 4 is 17.4 Å². The molecule has 1 heterocycles. The number of para-hydroxylation sites is 1. The lowest BCUT2D eigenvalue weighted by molar-refractivity contribution is -0.136. The minimum atomic E-state index is -4.60. The molecule has 162 valence electrons. The highest BCUT2D eigenvalue weighted by Crippen LogP contribution is 2.37. The molecule has 9 heteroatoms. The molecule has 0 spiro atoms. The van der Waals surface area contributed by atoms with Crippen LogP contribution in [0.25, 0.3) is 0 Å². The number of likely N-dealkylation sites (N-methyl/N-ethyl adjacent to an activating group) is 1. The summed E-state index contributed by atoms with van der Waals surface area (Å²) in [7, 11) is 1.50. The summed E-state index contributed by atoms with van der Waals surface area (Å²) in [6, 6.07) is 12.4. The van der Waals surface area contributed by atoms with E-state index in [-0.39, 0.29) is 18.8 Å². The summed E-state index contributed by atoms with van der Waals surface area (Å²) in [6.07, 6.45) is -4.60. The van der Waals surface area contributed by atoms with E-state index in [1.807, 2.05) is 23.1 Å². The molecule has 0 bridgehead atoms. The van der Waals surface area contributed by atoms with Gasteiger partial charge in [-0.25, -0.2) is 4.79 Å². The van der Waals surface area contributed by atoms with Crippen LogP contribution in [0.5, 0.6) is 5.75 Å². The third-order valence-corrected chi connectivity index (χ3v) is 4.71. The zero-order chi connectivity index (χ0) is 21.6. The highest BCUT2D eigenvalue weighted by molar-refractivity contribution is 5.90. The van der Waals surface area contributed by atoms with E-state index in [2.05, 4.69) is 5.32 Å². The molecule has 6 nitrogen and oxygen atoms in total. The Morgan fingerprint density at radius 3 is 2.53 bits per heavy atom. The molecule has 3 rings (SSSR count). The fourth-order valence-electron chi connectivity index (χ4n) is 3.02. The minimum absolute atomic E-state index is 0.216. The molecular formula is C21H24F3N3O3. The molecule has 0 unspecified atom stereocenters. The SMILES string of the molecule is CN(CCOc1ccccc1)C(=O)Nc1ccc(N2CCOCC2)cc1C(F)(F)F. The van der Waals surface area contributed by atoms with Gasteiger partial charge in [-0.3, -0.25) is 0 Å². The van der Waals surface area contributed by atoms with Gasteiger partial charge in [0.1, 0.15) is 12.4 Å². The normalized spacial score (nSPS) is 14.3. The fraction of sp³-hybridized carbons (Fsp3) is 0.381. The van der Waals surface area contributed by atoms with E-state index in [1.165, 1.54) is 18.0 Å². The molecule has 2 aromatic rings. The number of alkyl halides is 3. The third-order valence-electron chi connectivity index (χ3n) is 4.71. The lowest BCUT2D eigenvalue weighted by atomic mass is 10.1. The fourth-order valence-corrected chi connectivity index (χ4v) is 3.02. The zero-order valence-corrected chi connectivity index (χ0v) is 16.6. The molecule has 1 N–H and O–H groups in total. The Hall–Kier alpha value is -2.94. The Morgan fingerprint density at radius 1 is 1.17 bits per heavy atom. The van der Waals surface area contributed by atoms with E-state index in [1.54, 1.807) is 18.2 Å². The molecule has 1 aliphatic heterocycles. The van der Waals surface area contributed by atoms with Crippen LogP contribution >= 0.6 is 0 Å². The summed E-state index contributed by atoms with van der Waals surface area (Å²) < 4.78 is 51.6. The maximum absolute atomic E-state index is 13.6. The highest BCUT2D eigenvalue weighted by atomic mass is 19.4. The Balaban J connectivity index is 1.64. The maximum Gasteiger partial charge on any atom is 0.418 e. The Morgan fingerprint density at radius 2 is 1.87 bits per heavy atom. The molecular weight excluding hydrogens is 399 g/mol. The van der Waals surface area contributed by atoms with Crippen LogP contribution in [0.15, 0.2) is 48.5 Å². The second-order valence-electron chi connectivity index (χ2n) is 6.84. The van der Waals surface area contributed by atoms with Gasteiger partial charge >= 0.3 is 12.2 Å². The number of ether oxygens (including phenoxy) is 2. The highest BCUT2D eigenvalue weighted by Gasteiger charge is 2.35. The number of rotatable bonds is 6. The number of hydrogen-bond acceptors (Lipinski definition) is 4. The van der Waals surface area contributed by atoms with Gasteiger partial charge in [-0.15, -0.1) is 0 Å². The standard InChI is InChI=1S/C21H24F3N3O3/c1-26(9-14-30-17-5-3-2-4-6-17)20(28)25-19-8-7-16(15-18(19)21(22,23)24)27-10-12-29-13-11-27/h2-8,15H,9-14H2,1H3,(H,25,28). The molecule has 1 fully saturated rings. The van der Waals surface area contributed by atoms with Crippen LogP contribution in [0.1, 0.15) is 5.56 Å². The van der Waals surface area contributed by atoms with Gasteiger partial charge in [0.15, 0.2) is 0 Å². The summed E-state index contributed by atoms with van der Waals surface area (Å²) >= 11 is 0. The van der Waals surface area contributed by atoms with Gasteiger partial charge in [0.05, 0.1) is 31.0 Å². The second kappa shape index (κ2) is 9.71. The van der Waals surface area contributed by atoms with Gasteiger partial charge in [-0.1, -0.05) is 18.2 Å². The van der Waals surface area contributed by atoms with E-state index in [9.17, 15) is 18.0 Å². The van der Waals surface area contributed by atoms with Crippen molar-refractivity contribution in [2.24, 2.45) is 0 Å². The first-order valence-corrected chi connectivity index (χ1v) is 9.58. The Bertz CT molecular complexity index is 840. The number of carbonyl (C=O) groups excluding carboxylic acids is 1. The number of hydrogen-bond donors (Lipinski definition) is 1. The minimum Gasteiger partial charge on any atom is -0.492 e. The van der Waals surface area contributed by atoms with Crippen molar-refractivity contribution in [1.29, 1.82) is 0 Å². The van der Waals surface area contributed by atoms with Crippen LogP contribution in [-0.4, -0.2) is 57.4 Å². The summed E-state index contributed by atoms with van der Waals surface area (Å²) in [5, 5.41) is 2.36. The first-order chi connectivity index (χ1) is 14.3. The third kappa shape index (κ3) is 5.79. The molecule has 30 heavy (non-hydrogen) atoms. The average molecular weight is 423 g/mol. The predicted molar refractivity (Wildman–Crippen MR) is 108 cm³/mol. The Kier molecular flexibility index (Phi) is 7.04.